The fourth-order valence-corrected chi connectivity index (χ4v) is 1.32. The monoisotopic (exact) mass is 236 g/mol. The molecule has 1 aromatic heterocycles. The van der Waals surface area contributed by atoms with Gasteiger partial charge in [0.1, 0.15) is 0 Å². The Bertz CT molecular complexity index is 512. The van der Waals surface area contributed by atoms with Crippen molar-refractivity contribution in [3.8, 4) is 11.5 Å². The smallest absolute Gasteiger partial charge is 0.321 e. The lowest BCUT2D eigenvalue weighted by atomic mass is 10.3. The van der Waals surface area contributed by atoms with Gasteiger partial charge in [-0.15, -0.1) is 0 Å². The van der Waals surface area contributed by atoms with Gasteiger partial charge in [0.25, 0.3) is 0 Å². The van der Waals surface area contributed by atoms with Crippen molar-refractivity contribution in [3.63, 3.8) is 0 Å². The number of ether oxygens (including phenoxy) is 2. The number of rotatable bonds is 4. The van der Waals surface area contributed by atoms with E-state index < -0.39 is 0 Å². The van der Waals surface area contributed by atoms with E-state index in [0.717, 1.165) is 5.69 Å². The van der Waals surface area contributed by atoms with E-state index in [1.54, 1.807) is 32.4 Å². The minimum atomic E-state index is 0.00739. The average Bonchev–Trinajstić information content (AvgIpc) is 2.74. The molecule has 0 aliphatic rings. The van der Waals surface area contributed by atoms with Gasteiger partial charge in [-0.25, -0.2) is 0 Å². The molecule has 17 heavy (non-hydrogen) atoms. The number of aromatic nitrogens is 2. The molecule has 0 saturated carbocycles. The largest absolute Gasteiger partial charge is 0.493 e. The van der Waals surface area contributed by atoms with Crippen LogP contribution in [0.25, 0.3) is 0 Å². The van der Waals surface area contributed by atoms with Crippen molar-refractivity contribution in [2.75, 3.05) is 25.3 Å². The van der Waals surface area contributed by atoms with Crippen LogP contribution in [0.3, 0.4) is 0 Å². The van der Waals surface area contributed by atoms with Gasteiger partial charge < -0.3 is 24.9 Å². The van der Waals surface area contributed by atoms with Gasteiger partial charge in [0.15, 0.2) is 11.5 Å². The molecule has 7 heteroatoms. The first kappa shape index (κ1) is 11.1. The van der Waals surface area contributed by atoms with Crippen molar-refractivity contribution in [1.29, 1.82) is 0 Å². The van der Waals surface area contributed by atoms with Crippen LogP contribution in [-0.4, -0.2) is 24.4 Å². The lowest BCUT2D eigenvalue weighted by molar-refractivity contribution is 0.355. The molecule has 0 unspecified atom stereocenters. The van der Waals surface area contributed by atoms with Crippen molar-refractivity contribution >= 4 is 17.7 Å². The SMILES string of the molecule is COc1ccc(Nc2nnc(N)o2)cc1OC. The minimum Gasteiger partial charge on any atom is -0.493 e. The molecule has 0 fully saturated rings. The summed E-state index contributed by atoms with van der Waals surface area (Å²) in [5, 5.41) is 10.1. The Kier molecular flexibility index (Phi) is 2.99. The van der Waals surface area contributed by atoms with Crippen molar-refractivity contribution < 1.29 is 13.9 Å². The molecule has 7 nitrogen and oxygen atoms in total. The Morgan fingerprint density at radius 2 is 1.94 bits per heavy atom. The molecule has 2 rings (SSSR count). The third kappa shape index (κ3) is 2.39. The maximum absolute atomic E-state index is 5.31. The number of hydrogen-bond acceptors (Lipinski definition) is 7. The number of benzene rings is 1. The summed E-state index contributed by atoms with van der Waals surface area (Å²) in [4.78, 5) is 0. The molecular weight excluding hydrogens is 224 g/mol. The van der Waals surface area contributed by atoms with E-state index in [0.29, 0.717) is 11.5 Å². The van der Waals surface area contributed by atoms with Gasteiger partial charge in [0.05, 0.1) is 14.2 Å². The van der Waals surface area contributed by atoms with Crippen LogP contribution in [0.1, 0.15) is 0 Å². The summed E-state index contributed by atoms with van der Waals surface area (Å²) in [6.07, 6.45) is 0. The van der Waals surface area contributed by atoms with Crippen molar-refractivity contribution in [2.24, 2.45) is 0 Å². The zero-order chi connectivity index (χ0) is 12.3. The maximum Gasteiger partial charge on any atom is 0.321 e. The van der Waals surface area contributed by atoms with E-state index in [9.17, 15) is 0 Å². The van der Waals surface area contributed by atoms with Gasteiger partial charge in [0, 0.05) is 11.8 Å². The predicted octanol–water partition coefficient (Wildman–Crippen LogP) is 1.41. The Balaban J connectivity index is 2.22. The van der Waals surface area contributed by atoms with Crippen LogP contribution in [0.15, 0.2) is 22.6 Å². The van der Waals surface area contributed by atoms with Crippen molar-refractivity contribution in [3.05, 3.63) is 18.2 Å². The van der Waals surface area contributed by atoms with Gasteiger partial charge in [-0.1, -0.05) is 10.2 Å². The van der Waals surface area contributed by atoms with Crippen LogP contribution in [-0.2, 0) is 0 Å². The van der Waals surface area contributed by atoms with Crippen molar-refractivity contribution in [2.45, 2.75) is 0 Å². The molecule has 0 radical (unpaired) electrons. The van der Waals surface area contributed by atoms with Gasteiger partial charge >= 0.3 is 12.0 Å². The molecule has 0 bridgehead atoms. The van der Waals surface area contributed by atoms with E-state index in [4.69, 9.17) is 19.6 Å². The Hall–Kier alpha value is -2.44. The predicted molar refractivity (Wildman–Crippen MR) is 61.5 cm³/mol. The first-order valence-corrected chi connectivity index (χ1v) is 4.81. The highest BCUT2D eigenvalue weighted by molar-refractivity contribution is 5.59. The molecule has 1 aromatic carbocycles. The highest BCUT2D eigenvalue weighted by Gasteiger charge is 2.07. The molecule has 0 saturated heterocycles. The lowest BCUT2D eigenvalue weighted by Gasteiger charge is -2.09. The number of nitrogens with two attached hydrogens (primary N) is 1. The van der Waals surface area contributed by atoms with E-state index in [1.165, 1.54) is 0 Å². The van der Waals surface area contributed by atoms with Crippen LogP contribution in [0.2, 0.25) is 0 Å². The third-order valence-electron chi connectivity index (χ3n) is 2.08. The summed E-state index contributed by atoms with van der Waals surface area (Å²) in [6, 6.07) is 5.53. The Morgan fingerprint density at radius 3 is 2.53 bits per heavy atom. The normalized spacial score (nSPS) is 10.0. The zero-order valence-electron chi connectivity index (χ0n) is 9.43. The second-order valence-electron chi connectivity index (χ2n) is 3.14. The van der Waals surface area contributed by atoms with Gasteiger partial charge in [-0.2, -0.15) is 0 Å². The van der Waals surface area contributed by atoms with E-state index in [2.05, 4.69) is 15.5 Å². The summed E-state index contributed by atoms with van der Waals surface area (Å²) >= 11 is 0. The van der Waals surface area contributed by atoms with E-state index in [-0.39, 0.29) is 12.0 Å². The molecule has 1 heterocycles. The fourth-order valence-electron chi connectivity index (χ4n) is 1.32. The fraction of sp³-hybridized carbons (Fsp3) is 0.200. The molecule has 0 spiro atoms. The first-order chi connectivity index (χ1) is 8.22. The first-order valence-electron chi connectivity index (χ1n) is 4.81. The number of nitrogens with one attached hydrogen (secondary N) is 1. The number of hydrogen-bond donors (Lipinski definition) is 2. The Labute approximate surface area is 97.5 Å². The molecule has 0 atom stereocenters. The summed E-state index contributed by atoms with van der Waals surface area (Å²) in [7, 11) is 3.13. The molecule has 90 valence electrons. The molecule has 0 aliphatic carbocycles. The highest BCUT2D eigenvalue weighted by atomic mass is 16.5. The third-order valence-corrected chi connectivity index (χ3v) is 2.08. The van der Waals surface area contributed by atoms with Gasteiger partial charge in [-0.05, 0) is 12.1 Å². The van der Waals surface area contributed by atoms with Gasteiger partial charge in [-0.3, -0.25) is 0 Å². The molecule has 2 aromatic rings. The maximum atomic E-state index is 5.31. The van der Waals surface area contributed by atoms with Crippen LogP contribution >= 0.6 is 0 Å². The highest BCUT2D eigenvalue weighted by Crippen LogP contribution is 2.30. The summed E-state index contributed by atoms with van der Waals surface area (Å²) in [5.41, 5.74) is 6.04. The second-order valence-corrected chi connectivity index (χ2v) is 3.14. The number of nitrogen functional groups attached to an aromatic ring is 1. The summed E-state index contributed by atoms with van der Waals surface area (Å²) < 4.78 is 15.3. The second kappa shape index (κ2) is 4.60. The van der Waals surface area contributed by atoms with Crippen LogP contribution < -0.4 is 20.5 Å². The zero-order valence-corrected chi connectivity index (χ0v) is 9.43. The average molecular weight is 236 g/mol. The van der Waals surface area contributed by atoms with Gasteiger partial charge in [0.2, 0.25) is 0 Å². The Morgan fingerprint density at radius 1 is 1.18 bits per heavy atom. The topological polar surface area (TPSA) is 95.4 Å². The van der Waals surface area contributed by atoms with Crippen molar-refractivity contribution in [1.82, 2.24) is 10.2 Å². The van der Waals surface area contributed by atoms with E-state index >= 15 is 0 Å². The number of nitrogens with zero attached hydrogens (tertiary/aromatic N) is 2. The number of anilines is 3. The molecular formula is C10H12N4O3. The van der Waals surface area contributed by atoms with Crippen LogP contribution in [0.4, 0.5) is 17.7 Å². The minimum absolute atomic E-state index is 0.00739. The summed E-state index contributed by atoms with van der Waals surface area (Å²) in [5.74, 6) is 1.24. The van der Waals surface area contributed by atoms with E-state index in [1.807, 2.05) is 0 Å². The molecule has 0 aliphatic heterocycles. The van der Waals surface area contributed by atoms with Crippen LogP contribution in [0.5, 0.6) is 11.5 Å². The molecule has 3 N–H and O–H groups in total. The number of methoxy groups -OCH3 is 2. The quantitative estimate of drug-likeness (QED) is 0.828. The van der Waals surface area contributed by atoms with Crippen LogP contribution in [0, 0.1) is 0 Å². The molecule has 0 amide bonds. The summed E-state index contributed by atoms with van der Waals surface area (Å²) in [6.45, 7) is 0. The standard InChI is InChI=1S/C10H12N4O3/c1-15-7-4-3-6(5-8(7)16-2)12-10-14-13-9(11)17-10/h3-5H,1-2H3,(H2,11,13)(H,12,14). The lowest BCUT2D eigenvalue weighted by Crippen LogP contribution is -1.94.